The Bertz CT molecular complexity index is 610. The Hall–Kier alpha value is -2.16. The summed E-state index contributed by atoms with van der Waals surface area (Å²) in [4.78, 5) is 0. The molecule has 3 heteroatoms. The SMILES string of the molecule is COc1ccc(NC2CCOc3ccccc32)c(C)c1. The molecule has 0 bridgehead atoms. The van der Waals surface area contributed by atoms with Crippen molar-refractivity contribution in [2.24, 2.45) is 0 Å². The lowest BCUT2D eigenvalue weighted by Gasteiger charge is -2.28. The maximum atomic E-state index is 5.70. The van der Waals surface area contributed by atoms with Crippen LogP contribution in [-0.2, 0) is 0 Å². The van der Waals surface area contributed by atoms with Crippen LogP contribution in [0.5, 0.6) is 11.5 Å². The van der Waals surface area contributed by atoms with Crippen molar-refractivity contribution in [2.45, 2.75) is 19.4 Å². The van der Waals surface area contributed by atoms with Gasteiger partial charge in [0.2, 0.25) is 0 Å². The lowest BCUT2D eigenvalue weighted by Crippen LogP contribution is -2.20. The first-order valence-corrected chi connectivity index (χ1v) is 6.91. The zero-order valence-corrected chi connectivity index (χ0v) is 11.8. The molecule has 3 rings (SSSR count). The molecule has 0 spiro atoms. The minimum Gasteiger partial charge on any atom is -0.497 e. The summed E-state index contributed by atoms with van der Waals surface area (Å²) in [7, 11) is 1.69. The molecule has 20 heavy (non-hydrogen) atoms. The molecule has 104 valence electrons. The first-order chi connectivity index (χ1) is 9.78. The largest absolute Gasteiger partial charge is 0.497 e. The third-order valence-corrected chi connectivity index (χ3v) is 3.72. The topological polar surface area (TPSA) is 30.5 Å². The molecule has 1 aliphatic rings. The summed E-state index contributed by atoms with van der Waals surface area (Å²) in [5.41, 5.74) is 3.56. The molecule has 0 saturated carbocycles. The number of aryl methyl sites for hydroxylation is 1. The van der Waals surface area contributed by atoms with Gasteiger partial charge in [-0.05, 0) is 36.8 Å². The Morgan fingerprint density at radius 2 is 2.05 bits per heavy atom. The van der Waals surface area contributed by atoms with E-state index >= 15 is 0 Å². The Balaban J connectivity index is 1.85. The summed E-state index contributed by atoms with van der Waals surface area (Å²) < 4.78 is 10.9. The van der Waals surface area contributed by atoms with E-state index in [0.717, 1.165) is 30.2 Å². The molecule has 0 radical (unpaired) electrons. The van der Waals surface area contributed by atoms with Gasteiger partial charge in [-0.3, -0.25) is 0 Å². The fourth-order valence-corrected chi connectivity index (χ4v) is 2.60. The van der Waals surface area contributed by atoms with Gasteiger partial charge in [-0.2, -0.15) is 0 Å². The van der Waals surface area contributed by atoms with Gasteiger partial charge in [0.25, 0.3) is 0 Å². The number of methoxy groups -OCH3 is 1. The standard InChI is InChI=1S/C17H19NO2/c1-12-11-13(19-2)7-8-15(12)18-16-9-10-20-17-6-4-3-5-14(16)17/h3-8,11,16,18H,9-10H2,1-2H3. The van der Waals surface area contributed by atoms with Gasteiger partial charge >= 0.3 is 0 Å². The van der Waals surface area contributed by atoms with Crippen LogP contribution in [0.1, 0.15) is 23.6 Å². The first kappa shape index (κ1) is 12.9. The molecule has 2 aromatic carbocycles. The van der Waals surface area contributed by atoms with Crippen LogP contribution >= 0.6 is 0 Å². The van der Waals surface area contributed by atoms with Gasteiger partial charge in [0, 0.05) is 17.7 Å². The van der Waals surface area contributed by atoms with E-state index < -0.39 is 0 Å². The summed E-state index contributed by atoms with van der Waals surface area (Å²) in [6.45, 7) is 2.85. The van der Waals surface area contributed by atoms with Crippen LogP contribution < -0.4 is 14.8 Å². The molecule has 1 N–H and O–H groups in total. The number of anilines is 1. The summed E-state index contributed by atoms with van der Waals surface area (Å²) in [5, 5.41) is 3.62. The second-order valence-corrected chi connectivity index (χ2v) is 5.05. The normalized spacial score (nSPS) is 17.0. The number of benzene rings is 2. The van der Waals surface area contributed by atoms with Crippen LogP contribution in [0.25, 0.3) is 0 Å². The molecule has 1 unspecified atom stereocenters. The van der Waals surface area contributed by atoms with Gasteiger partial charge in [-0.25, -0.2) is 0 Å². The van der Waals surface area contributed by atoms with Gasteiger partial charge < -0.3 is 14.8 Å². The van der Waals surface area contributed by atoms with E-state index in [0.29, 0.717) is 6.04 Å². The molecule has 0 fully saturated rings. The van der Waals surface area contributed by atoms with Gasteiger partial charge in [0.05, 0.1) is 19.8 Å². The smallest absolute Gasteiger partial charge is 0.124 e. The highest BCUT2D eigenvalue weighted by molar-refractivity contribution is 5.56. The molecule has 1 atom stereocenters. The molecule has 1 heterocycles. The van der Waals surface area contributed by atoms with Crippen molar-refractivity contribution in [3.8, 4) is 11.5 Å². The quantitative estimate of drug-likeness (QED) is 0.915. The zero-order chi connectivity index (χ0) is 13.9. The van der Waals surface area contributed by atoms with Crippen molar-refractivity contribution in [3.63, 3.8) is 0 Å². The highest BCUT2D eigenvalue weighted by Crippen LogP contribution is 2.35. The highest BCUT2D eigenvalue weighted by Gasteiger charge is 2.21. The maximum Gasteiger partial charge on any atom is 0.124 e. The highest BCUT2D eigenvalue weighted by atomic mass is 16.5. The number of hydrogen-bond donors (Lipinski definition) is 1. The van der Waals surface area contributed by atoms with E-state index in [1.807, 2.05) is 24.3 Å². The minimum atomic E-state index is 0.298. The summed E-state index contributed by atoms with van der Waals surface area (Å²) in [6.07, 6.45) is 0.975. The number of fused-ring (bicyclic) bond motifs is 1. The molecule has 3 nitrogen and oxygen atoms in total. The van der Waals surface area contributed by atoms with Crippen LogP contribution in [0.15, 0.2) is 42.5 Å². The molecule has 1 aliphatic heterocycles. The molecule has 0 aliphatic carbocycles. The Morgan fingerprint density at radius 1 is 1.20 bits per heavy atom. The number of hydrogen-bond acceptors (Lipinski definition) is 3. The van der Waals surface area contributed by atoms with E-state index in [1.54, 1.807) is 7.11 Å². The lowest BCUT2D eigenvalue weighted by atomic mass is 10.00. The third-order valence-electron chi connectivity index (χ3n) is 3.72. The van der Waals surface area contributed by atoms with Crippen molar-refractivity contribution >= 4 is 5.69 Å². The van der Waals surface area contributed by atoms with Crippen LogP contribution in [0.2, 0.25) is 0 Å². The molecule has 0 amide bonds. The number of ether oxygens (including phenoxy) is 2. The Morgan fingerprint density at radius 3 is 2.85 bits per heavy atom. The average Bonchev–Trinajstić information content (AvgIpc) is 2.49. The van der Waals surface area contributed by atoms with E-state index in [2.05, 4.69) is 30.4 Å². The monoisotopic (exact) mass is 269 g/mol. The molecular weight excluding hydrogens is 250 g/mol. The van der Waals surface area contributed by atoms with Crippen LogP contribution in [-0.4, -0.2) is 13.7 Å². The van der Waals surface area contributed by atoms with Crippen LogP contribution in [0.4, 0.5) is 5.69 Å². The minimum absolute atomic E-state index is 0.298. The molecule has 2 aromatic rings. The van der Waals surface area contributed by atoms with Gasteiger partial charge in [-0.15, -0.1) is 0 Å². The zero-order valence-electron chi connectivity index (χ0n) is 11.8. The predicted molar refractivity (Wildman–Crippen MR) is 80.6 cm³/mol. The molecule has 0 saturated heterocycles. The number of nitrogens with one attached hydrogen (secondary N) is 1. The Kier molecular flexibility index (Phi) is 3.50. The van der Waals surface area contributed by atoms with E-state index in [9.17, 15) is 0 Å². The molecule has 0 aromatic heterocycles. The van der Waals surface area contributed by atoms with E-state index in [1.165, 1.54) is 11.1 Å². The number of rotatable bonds is 3. The van der Waals surface area contributed by atoms with E-state index in [-0.39, 0.29) is 0 Å². The summed E-state index contributed by atoms with van der Waals surface area (Å²) in [6, 6.07) is 14.6. The Labute approximate surface area is 119 Å². The molecular formula is C17H19NO2. The lowest BCUT2D eigenvalue weighted by molar-refractivity contribution is 0.274. The van der Waals surface area contributed by atoms with Crippen molar-refractivity contribution < 1.29 is 9.47 Å². The fraction of sp³-hybridized carbons (Fsp3) is 0.294. The van der Waals surface area contributed by atoms with Crippen molar-refractivity contribution in [1.82, 2.24) is 0 Å². The van der Waals surface area contributed by atoms with Crippen molar-refractivity contribution in [1.29, 1.82) is 0 Å². The van der Waals surface area contributed by atoms with E-state index in [4.69, 9.17) is 9.47 Å². The van der Waals surface area contributed by atoms with Crippen molar-refractivity contribution in [3.05, 3.63) is 53.6 Å². The fourth-order valence-electron chi connectivity index (χ4n) is 2.60. The average molecular weight is 269 g/mol. The van der Waals surface area contributed by atoms with Gasteiger partial charge in [0.15, 0.2) is 0 Å². The van der Waals surface area contributed by atoms with Gasteiger partial charge in [0.1, 0.15) is 11.5 Å². The second kappa shape index (κ2) is 5.45. The second-order valence-electron chi connectivity index (χ2n) is 5.05. The summed E-state index contributed by atoms with van der Waals surface area (Å²) in [5.74, 6) is 1.88. The van der Waals surface area contributed by atoms with Crippen LogP contribution in [0, 0.1) is 6.92 Å². The maximum absolute atomic E-state index is 5.70. The summed E-state index contributed by atoms with van der Waals surface area (Å²) >= 11 is 0. The van der Waals surface area contributed by atoms with Gasteiger partial charge in [-0.1, -0.05) is 18.2 Å². The van der Waals surface area contributed by atoms with Crippen LogP contribution in [0.3, 0.4) is 0 Å². The third kappa shape index (κ3) is 2.44. The predicted octanol–water partition coefficient (Wildman–Crippen LogP) is 3.94. The first-order valence-electron chi connectivity index (χ1n) is 6.91. The number of para-hydroxylation sites is 1. The van der Waals surface area contributed by atoms with Crippen molar-refractivity contribution in [2.75, 3.05) is 19.0 Å².